The molecule has 10 aromatic rings. The van der Waals surface area contributed by atoms with Gasteiger partial charge in [0.2, 0.25) is 0 Å². The van der Waals surface area contributed by atoms with Crippen LogP contribution in [0.5, 0.6) is 11.5 Å². The quantitative estimate of drug-likeness (QED) is 0.123. The fourth-order valence-electron chi connectivity index (χ4n) is 8.85. The molecule has 7 aromatic carbocycles. The zero-order chi connectivity index (χ0) is 38.2. The van der Waals surface area contributed by atoms with Crippen LogP contribution in [-0.4, -0.2) is 26.1 Å². The van der Waals surface area contributed by atoms with Crippen molar-refractivity contribution in [3.63, 3.8) is 0 Å². The number of fused-ring (bicyclic) bond motifs is 11. The SMILES string of the molecule is [Pt+2].[c-]1c(Oc2[c-]c3c(cc2)c2ccccc2n3-c2ccccn2)ccc2c1-c1nccn1B1N2c2ccccc2N1c1c(-c2ccccc2)cccc1-c1ccccc1. The number of ether oxygens (including phenoxy) is 1. The second-order valence-corrected chi connectivity index (χ2v) is 14.5. The Hall–Kier alpha value is -7.15. The molecule has 7 nitrogen and oxygen atoms in total. The molecule has 280 valence electrons. The first-order chi connectivity index (χ1) is 28.8. The monoisotopic (exact) mass is 937 g/mol. The van der Waals surface area contributed by atoms with Crippen LogP contribution >= 0.6 is 0 Å². The summed E-state index contributed by atoms with van der Waals surface area (Å²) in [6.45, 7) is 0. The van der Waals surface area contributed by atoms with Gasteiger partial charge in [-0.3, -0.25) is 4.98 Å². The third-order valence-electron chi connectivity index (χ3n) is 11.3. The Kier molecular flexibility index (Phi) is 8.35. The van der Waals surface area contributed by atoms with Crippen molar-refractivity contribution in [2.24, 2.45) is 0 Å². The van der Waals surface area contributed by atoms with Gasteiger partial charge in [-0.05, 0) is 52.5 Å². The molecule has 0 amide bonds. The summed E-state index contributed by atoms with van der Waals surface area (Å²) in [6, 6.07) is 66.4. The molecule has 0 saturated carbocycles. The van der Waals surface area contributed by atoms with Gasteiger partial charge in [0, 0.05) is 63.9 Å². The number of nitrogens with zero attached hydrogens (tertiary/aromatic N) is 6. The zero-order valence-corrected chi connectivity index (χ0v) is 33.7. The van der Waals surface area contributed by atoms with Crippen molar-refractivity contribution >= 4 is 51.7 Å². The number of benzene rings is 7. The van der Waals surface area contributed by atoms with E-state index in [1.54, 1.807) is 0 Å². The maximum Gasteiger partial charge on any atom is 2.00 e. The number of hydrogen-bond acceptors (Lipinski definition) is 5. The maximum atomic E-state index is 6.62. The number of imidazole rings is 1. The topological polar surface area (TPSA) is 51.4 Å². The van der Waals surface area contributed by atoms with Crippen LogP contribution in [0.15, 0.2) is 188 Å². The van der Waals surface area contributed by atoms with E-state index in [-0.39, 0.29) is 28.2 Å². The summed E-state index contributed by atoms with van der Waals surface area (Å²) in [4.78, 5) is 14.5. The molecule has 0 unspecified atom stereocenters. The number of aromatic nitrogens is 4. The predicted molar refractivity (Wildman–Crippen MR) is 233 cm³/mol. The molecule has 0 spiro atoms. The molecular weight excluding hydrogens is 906 g/mol. The van der Waals surface area contributed by atoms with Crippen LogP contribution in [0.4, 0.5) is 22.7 Å². The van der Waals surface area contributed by atoms with Crippen molar-refractivity contribution in [3.8, 4) is 51.0 Å². The average Bonchev–Trinajstić information content (AvgIpc) is 4.00. The summed E-state index contributed by atoms with van der Waals surface area (Å²) in [5.74, 6) is 2.80. The minimum atomic E-state index is -0.279. The van der Waals surface area contributed by atoms with Gasteiger partial charge in [0.05, 0.1) is 5.69 Å². The van der Waals surface area contributed by atoms with Crippen LogP contribution in [0.1, 0.15) is 0 Å². The standard InChI is InChI=1S/C50H31BN6O.Pt/c1-3-14-34(15-4-1)38-19-13-20-39(35-16-5-2-6-17-35)49(38)57-46-23-10-9-22-45(46)56-44-28-26-36(32-42(44)50-53-30-31-54(50)51(56)57)58-37-25-27-41-40-18-7-8-21-43(40)55(47(41)33-37)48-24-11-12-29-52-48;/h1-31H;/q-2;+2. The molecule has 5 heterocycles. The Morgan fingerprint density at radius 3 is 1.92 bits per heavy atom. The summed E-state index contributed by atoms with van der Waals surface area (Å²) < 4.78 is 11.0. The van der Waals surface area contributed by atoms with E-state index >= 15 is 0 Å². The fourth-order valence-corrected chi connectivity index (χ4v) is 8.85. The van der Waals surface area contributed by atoms with E-state index < -0.39 is 0 Å². The van der Waals surface area contributed by atoms with E-state index in [1.807, 2.05) is 42.7 Å². The van der Waals surface area contributed by atoms with E-state index in [0.29, 0.717) is 11.5 Å². The van der Waals surface area contributed by atoms with Crippen LogP contribution in [-0.2, 0) is 21.1 Å². The van der Waals surface area contributed by atoms with Crippen molar-refractivity contribution in [3.05, 3.63) is 201 Å². The predicted octanol–water partition coefficient (Wildman–Crippen LogP) is 11.9. The van der Waals surface area contributed by atoms with Crippen molar-refractivity contribution in [2.45, 2.75) is 0 Å². The van der Waals surface area contributed by atoms with Gasteiger partial charge in [0.25, 0.3) is 0 Å². The molecule has 3 aromatic heterocycles. The Morgan fingerprint density at radius 1 is 0.508 bits per heavy atom. The number of rotatable bonds is 6. The van der Waals surface area contributed by atoms with Crippen LogP contribution in [0, 0.1) is 12.1 Å². The molecule has 0 fully saturated rings. The molecule has 12 rings (SSSR count). The summed E-state index contributed by atoms with van der Waals surface area (Å²) in [7, 11) is -0.279. The summed E-state index contributed by atoms with van der Waals surface area (Å²) >= 11 is 0. The molecular formula is C50H31BN6OPt. The van der Waals surface area contributed by atoms with Crippen LogP contribution in [0.2, 0.25) is 0 Å². The molecule has 0 bridgehead atoms. The first-order valence-corrected chi connectivity index (χ1v) is 19.4. The molecule has 9 heteroatoms. The third kappa shape index (κ3) is 5.48. The van der Waals surface area contributed by atoms with Gasteiger partial charge in [0.1, 0.15) is 5.82 Å². The minimum Gasteiger partial charge on any atom is -0.503 e. The fraction of sp³-hybridized carbons (Fsp3) is 0. The average molecular weight is 938 g/mol. The van der Waals surface area contributed by atoms with Crippen LogP contribution in [0.3, 0.4) is 0 Å². The number of para-hydroxylation sites is 4. The Bertz CT molecular complexity index is 3130. The van der Waals surface area contributed by atoms with E-state index in [2.05, 4.69) is 182 Å². The van der Waals surface area contributed by atoms with Crippen molar-refractivity contribution in [1.82, 2.24) is 19.0 Å². The second kappa shape index (κ2) is 14.0. The summed E-state index contributed by atoms with van der Waals surface area (Å²) in [5, 5.41) is 2.22. The van der Waals surface area contributed by atoms with Crippen molar-refractivity contribution in [2.75, 3.05) is 9.62 Å². The largest absolute Gasteiger partial charge is 2.00 e. The molecule has 0 radical (unpaired) electrons. The van der Waals surface area contributed by atoms with Gasteiger partial charge in [-0.15, -0.1) is 23.6 Å². The molecule has 0 saturated heterocycles. The molecule has 0 aliphatic carbocycles. The van der Waals surface area contributed by atoms with E-state index in [4.69, 9.17) is 9.72 Å². The van der Waals surface area contributed by atoms with E-state index in [9.17, 15) is 0 Å². The van der Waals surface area contributed by atoms with E-state index in [0.717, 1.165) is 84.0 Å². The second-order valence-electron chi connectivity index (χ2n) is 14.5. The smallest absolute Gasteiger partial charge is 0.503 e. The Balaban J connectivity index is 0.00000397. The maximum absolute atomic E-state index is 6.62. The number of anilines is 4. The Morgan fingerprint density at radius 2 is 1.17 bits per heavy atom. The normalized spacial score (nSPS) is 12.5. The molecule has 0 atom stereocenters. The van der Waals surface area contributed by atoms with Gasteiger partial charge < -0.3 is 23.4 Å². The first kappa shape index (κ1) is 35.1. The zero-order valence-electron chi connectivity index (χ0n) is 31.4. The number of pyridine rings is 1. The van der Waals surface area contributed by atoms with Crippen molar-refractivity contribution in [1.29, 1.82) is 0 Å². The molecule has 2 aliphatic heterocycles. The van der Waals surface area contributed by atoms with E-state index in [1.165, 1.54) is 0 Å². The molecule has 59 heavy (non-hydrogen) atoms. The van der Waals surface area contributed by atoms with Crippen LogP contribution in [0.25, 0.3) is 61.3 Å². The minimum absolute atomic E-state index is 0. The Labute approximate surface area is 355 Å². The first-order valence-electron chi connectivity index (χ1n) is 19.4. The third-order valence-corrected chi connectivity index (χ3v) is 11.3. The summed E-state index contributed by atoms with van der Waals surface area (Å²) in [5.41, 5.74) is 11.7. The van der Waals surface area contributed by atoms with Gasteiger partial charge in [-0.2, -0.15) is 6.07 Å². The van der Waals surface area contributed by atoms with Gasteiger partial charge >= 0.3 is 28.2 Å². The number of hydrogen-bond donors (Lipinski definition) is 0. The molecule has 2 aliphatic rings. The van der Waals surface area contributed by atoms with Crippen LogP contribution < -0.4 is 14.4 Å². The molecule has 0 N–H and O–H groups in total. The van der Waals surface area contributed by atoms with Gasteiger partial charge in [0.15, 0.2) is 0 Å². The van der Waals surface area contributed by atoms with Gasteiger partial charge in [-0.1, -0.05) is 138 Å². The van der Waals surface area contributed by atoms with Gasteiger partial charge in [-0.25, -0.2) is 4.98 Å². The van der Waals surface area contributed by atoms with Crippen molar-refractivity contribution < 1.29 is 25.8 Å². The summed E-state index contributed by atoms with van der Waals surface area (Å²) in [6.07, 6.45) is 5.77.